The van der Waals surface area contributed by atoms with Crippen LogP contribution < -0.4 is 10.0 Å². The summed E-state index contributed by atoms with van der Waals surface area (Å²) in [5, 5.41) is 9.44. The first-order chi connectivity index (χ1) is 18.7. The van der Waals surface area contributed by atoms with Gasteiger partial charge in [0.25, 0.3) is 10.0 Å². The molecule has 6 nitrogen and oxygen atoms in total. The van der Waals surface area contributed by atoms with Crippen LogP contribution in [0.15, 0.2) is 95.9 Å². The van der Waals surface area contributed by atoms with E-state index in [1.54, 1.807) is 24.3 Å². The molecule has 0 saturated heterocycles. The third-order valence-electron chi connectivity index (χ3n) is 6.99. The Kier molecular flexibility index (Phi) is 7.37. The van der Waals surface area contributed by atoms with E-state index in [4.69, 9.17) is 34.2 Å². The molecule has 2 atom stereocenters. The molecule has 1 amide bonds. The van der Waals surface area contributed by atoms with Crippen LogP contribution in [0.1, 0.15) is 29.2 Å². The minimum Gasteiger partial charge on any atom is -0.369 e. The fraction of sp³-hybridized carbons (Fsp3) is 0.133. The molecule has 39 heavy (non-hydrogen) atoms. The highest BCUT2D eigenvalue weighted by Gasteiger charge is 2.44. The molecule has 1 heterocycles. The van der Waals surface area contributed by atoms with Crippen LogP contribution >= 0.6 is 23.2 Å². The quantitative estimate of drug-likeness (QED) is 0.271. The summed E-state index contributed by atoms with van der Waals surface area (Å²) in [4.78, 5) is 13.0. The largest absolute Gasteiger partial charge is 0.369 e. The monoisotopic (exact) mass is 575 g/mol. The first kappa shape index (κ1) is 26.8. The molecular weight excluding hydrogens is 553 g/mol. The number of nitrogens with two attached hydrogens (primary N) is 1. The van der Waals surface area contributed by atoms with Crippen molar-refractivity contribution < 1.29 is 13.2 Å². The number of rotatable bonds is 7. The van der Waals surface area contributed by atoms with Crippen LogP contribution in [0.3, 0.4) is 0 Å². The Morgan fingerprint density at radius 1 is 0.923 bits per heavy atom. The molecule has 0 aliphatic carbocycles. The van der Waals surface area contributed by atoms with Gasteiger partial charge < -0.3 is 5.73 Å². The van der Waals surface area contributed by atoms with Gasteiger partial charge in [0.2, 0.25) is 5.91 Å². The van der Waals surface area contributed by atoms with Crippen molar-refractivity contribution in [1.29, 1.82) is 5.26 Å². The minimum atomic E-state index is -4.23. The van der Waals surface area contributed by atoms with Crippen LogP contribution in [0.25, 0.3) is 11.1 Å². The number of aryl methyl sites for hydroxylation is 1. The predicted octanol–water partition coefficient (Wildman–Crippen LogP) is 6.52. The number of halogens is 2. The molecule has 9 heteroatoms. The SMILES string of the molecule is N#Cc1ccc(CCC(C(N)=O)C2c3ccccc3-c3ccccc3N2S(=O)(=O)c2ccc(Cl)c(Cl)c2)cc1. The van der Waals surface area contributed by atoms with Crippen molar-refractivity contribution >= 4 is 44.8 Å². The average Bonchev–Trinajstić information content (AvgIpc) is 2.94. The standard InChI is InChI=1S/C30H23Cl2N3O3S/c31-26-16-14-21(17-27(26)32)39(37,38)35-28-8-4-3-6-23(28)22-5-1-2-7-24(22)29(35)25(30(34)36)15-13-19-9-11-20(18-33)12-10-19/h1-12,14,16-17,25,29H,13,15H2,(H2,34,36). The Hall–Kier alpha value is -3.83. The van der Waals surface area contributed by atoms with E-state index in [1.807, 2.05) is 48.5 Å². The zero-order valence-corrected chi connectivity index (χ0v) is 22.9. The van der Waals surface area contributed by atoms with E-state index in [0.717, 1.165) is 16.7 Å². The molecule has 0 radical (unpaired) electrons. The number of hydrogen-bond acceptors (Lipinski definition) is 4. The Labute approximate surface area is 237 Å². The van der Waals surface area contributed by atoms with E-state index < -0.39 is 27.9 Å². The number of nitrogens with zero attached hydrogens (tertiary/aromatic N) is 2. The minimum absolute atomic E-state index is 0.0496. The molecule has 4 aromatic rings. The number of para-hydroxylation sites is 1. The van der Waals surface area contributed by atoms with Crippen LogP contribution in [-0.4, -0.2) is 14.3 Å². The predicted molar refractivity (Wildman–Crippen MR) is 153 cm³/mol. The Bertz CT molecular complexity index is 1720. The smallest absolute Gasteiger partial charge is 0.264 e. The second-order valence-corrected chi connectivity index (χ2v) is 11.9. The number of amides is 1. The number of nitriles is 1. The second kappa shape index (κ2) is 10.7. The molecule has 0 bridgehead atoms. The van der Waals surface area contributed by atoms with E-state index in [1.165, 1.54) is 22.5 Å². The number of primary amides is 1. The van der Waals surface area contributed by atoms with Gasteiger partial charge >= 0.3 is 0 Å². The Morgan fingerprint density at radius 2 is 1.59 bits per heavy atom. The maximum Gasteiger partial charge on any atom is 0.264 e. The van der Waals surface area contributed by atoms with Gasteiger partial charge in [0.1, 0.15) is 0 Å². The highest BCUT2D eigenvalue weighted by atomic mass is 35.5. The van der Waals surface area contributed by atoms with E-state index in [2.05, 4.69) is 6.07 Å². The fourth-order valence-corrected chi connectivity index (χ4v) is 7.18. The van der Waals surface area contributed by atoms with Crippen molar-refractivity contribution in [3.05, 3.63) is 118 Å². The van der Waals surface area contributed by atoms with Gasteiger partial charge in [-0.1, -0.05) is 77.8 Å². The zero-order chi connectivity index (χ0) is 27.7. The highest BCUT2D eigenvalue weighted by molar-refractivity contribution is 7.92. The summed E-state index contributed by atoms with van der Waals surface area (Å²) in [7, 11) is -4.23. The van der Waals surface area contributed by atoms with E-state index in [9.17, 15) is 13.2 Å². The summed E-state index contributed by atoms with van der Waals surface area (Å²) < 4.78 is 30.0. The maximum atomic E-state index is 14.3. The number of benzene rings is 4. The normalized spacial score (nSPS) is 15.1. The number of sulfonamides is 1. The van der Waals surface area contributed by atoms with Gasteiger partial charge in [-0.2, -0.15) is 5.26 Å². The molecule has 0 spiro atoms. The molecule has 5 rings (SSSR count). The zero-order valence-electron chi connectivity index (χ0n) is 20.6. The number of anilines is 1. The van der Waals surface area contributed by atoms with Gasteiger partial charge in [-0.3, -0.25) is 9.10 Å². The van der Waals surface area contributed by atoms with Crippen molar-refractivity contribution in [2.45, 2.75) is 23.8 Å². The third kappa shape index (κ3) is 4.99. The van der Waals surface area contributed by atoms with E-state index in [-0.39, 0.29) is 21.4 Å². The number of carbonyl (C=O) groups excluding carboxylic acids is 1. The summed E-state index contributed by atoms with van der Waals surface area (Å²) in [6, 6.07) is 27.1. The lowest BCUT2D eigenvalue weighted by atomic mass is 9.81. The summed E-state index contributed by atoms with van der Waals surface area (Å²) >= 11 is 12.3. The molecule has 2 N–H and O–H groups in total. The summed E-state index contributed by atoms with van der Waals surface area (Å²) in [5.74, 6) is -1.48. The third-order valence-corrected chi connectivity index (χ3v) is 9.52. The van der Waals surface area contributed by atoms with Crippen molar-refractivity contribution in [3.8, 4) is 17.2 Å². The molecule has 1 aliphatic heterocycles. The lowest BCUT2D eigenvalue weighted by molar-refractivity contribution is -0.122. The molecule has 1 aliphatic rings. The van der Waals surface area contributed by atoms with Gasteiger partial charge in [-0.25, -0.2) is 8.42 Å². The fourth-order valence-electron chi connectivity index (χ4n) is 5.10. The van der Waals surface area contributed by atoms with E-state index in [0.29, 0.717) is 23.2 Å². The highest BCUT2D eigenvalue weighted by Crippen LogP contribution is 2.50. The molecule has 2 unspecified atom stereocenters. The lowest BCUT2D eigenvalue weighted by Crippen LogP contribution is -2.45. The van der Waals surface area contributed by atoms with Gasteiger partial charge in [-0.05, 0) is 65.9 Å². The number of carbonyl (C=O) groups is 1. The first-order valence-electron chi connectivity index (χ1n) is 12.2. The second-order valence-electron chi connectivity index (χ2n) is 9.28. The van der Waals surface area contributed by atoms with E-state index >= 15 is 0 Å². The number of hydrogen-bond donors (Lipinski definition) is 1. The molecular formula is C30H23Cl2N3O3S. The van der Waals surface area contributed by atoms with Crippen LogP contribution in [0.2, 0.25) is 10.0 Å². The molecule has 196 valence electrons. The van der Waals surface area contributed by atoms with Gasteiger partial charge in [-0.15, -0.1) is 0 Å². The van der Waals surface area contributed by atoms with Crippen molar-refractivity contribution in [2.24, 2.45) is 11.7 Å². The average molecular weight is 577 g/mol. The molecule has 0 fully saturated rings. The van der Waals surface area contributed by atoms with Crippen LogP contribution in [-0.2, 0) is 21.2 Å². The summed E-state index contributed by atoms with van der Waals surface area (Å²) in [6.07, 6.45) is 0.746. The lowest BCUT2D eigenvalue weighted by Gasteiger charge is -2.42. The van der Waals surface area contributed by atoms with Gasteiger partial charge in [0.05, 0.1) is 44.2 Å². The van der Waals surface area contributed by atoms with Crippen molar-refractivity contribution in [2.75, 3.05) is 4.31 Å². The van der Waals surface area contributed by atoms with Crippen LogP contribution in [0, 0.1) is 17.2 Å². The van der Waals surface area contributed by atoms with Crippen molar-refractivity contribution in [1.82, 2.24) is 0 Å². The molecule has 4 aromatic carbocycles. The topological polar surface area (TPSA) is 104 Å². The summed E-state index contributed by atoms with van der Waals surface area (Å²) in [6.45, 7) is 0. The summed E-state index contributed by atoms with van der Waals surface area (Å²) in [5.41, 5.74) is 10.1. The van der Waals surface area contributed by atoms with Crippen LogP contribution in [0.5, 0.6) is 0 Å². The van der Waals surface area contributed by atoms with Gasteiger partial charge in [0.15, 0.2) is 0 Å². The maximum absolute atomic E-state index is 14.3. The Morgan fingerprint density at radius 3 is 2.26 bits per heavy atom. The van der Waals surface area contributed by atoms with Crippen LogP contribution in [0.4, 0.5) is 5.69 Å². The first-order valence-corrected chi connectivity index (χ1v) is 14.4. The Balaban J connectivity index is 1.67. The number of fused-ring (bicyclic) bond motifs is 3. The van der Waals surface area contributed by atoms with Gasteiger partial charge in [0, 0.05) is 5.56 Å². The van der Waals surface area contributed by atoms with Crippen molar-refractivity contribution in [3.63, 3.8) is 0 Å². The molecule has 0 saturated carbocycles. The molecule has 0 aromatic heterocycles.